The highest BCUT2D eigenvalue weighted by Crippen LogP contribution is 2.33. The van der Waals surface area contributed by atoms with E-state index in [1.165, 1.54) is 12.1 Å². The fraction of sp³-hybridized carbons (Fsp3) is 0.111. The number of carbonyl (C=O) groups is 1. The number of nitrogens with one attached hydrogen (secondary N) is 1. The van der Waals surface area contributed by atoms with Crippen LogP contribution < -0.4 is 10.5 Å². The molecule has 1 rings (SSSR count). The minimum Gasteiger partial charge on any atom is -0.323 e. The monoisotopic (exact) mass is 395 g/mol. The van der Waals surface area contributed by atoms with Gasteiger partial charge in [0.2, 0.25) is 15.9 Å². The van der Waals surface area contributed by atoms with Crippen LogP contribution in [0.4, 0.5) is 5.69 Å². The summed E-state index contributed by atoms with van der Waals surface area (Å²) in [6.07, 6.45) is -0.296. The second-order valence-electron chi connectivity index (χ2n) is 3.19. The van der Waals surface area contributed by atoms with Gasteiger partial charge in [0.25, 0.3) is 0 Å². The average Bonchev–Trinajstić information content (AvgIpc) is 2.22. The van der Waals surface area contributed by atoms with Crippen LogP contribution in [0.1, 0.15) is 6.42 Å². The van der Waals surface area contributed by atoms with Crippen LogP contribution in [0, 0.1) is 11.3 Å². The van der Waals surface area contributed by atoms with Crippen molar-refractivity contribution in [1.82, 2.24) is 0 Å². The summed E-state index contributed by atoms with van der Waals surface area (Å²) in [6, 6.07) is 4.24. The molecule has 6 nitrogen and oxygen atoms in total. The van der Waals surface area contributed by atoms with Crippen LogP contribution in [0.5, 0.6) is 0 Å². The van der Waals surface area contributed by atoms with Crippen molar-refractivity contribution in [3.8, 4) is 6.07 Å². The maximum atomic E-state index is 11.3. The van der Waals surface area contributed by atoms with Gasteiger partial charge in [0.1, 0.15) is 6.42 Å². The number of anilines is 1. The predicted octanol–water partition coefficient (Wildman–Crippen LogP) is 1.71. The maximum absolute atomic E-state index is 11.3. The van der Waals surface area contributed by atoms with E-state index in [2.05, 4.69) is 37.2 Å². The van der Waals surface area contributed by atoms with Crippen molar-refractivity contribution in [3.05, 3.63) is 21.1 Å². The molecule has 0 bridgehead atoms. The molecule has 0 radical (unpaired) electrons. The lowest BCUT2D eigenvalue weighted by molar-refractivity contribution is -0.115. The molecule has 18 heavy (non-hydrogen) atoms. The van der Waals surface area contributed by atoms with Gasteiger partial charge in [-0.2, -0.15) is 5.26 Å². The van der Waals surface area contributed by atoms with Crippen LogP contribution >= 0.6 is 31.9 Å². The molecule has 9 heteroatoms. The molecule has 1 aromatic rings. The Morgan fingerprint density at radius 3 is 2.28 bits per heavy atom. The van der Waals surface area contributed by atoms with E-state index in [9.17, 15) is 13.2 Å². The van der Waals surface area contributed by atoms with Gasteiger partial charge in [0.15, 0.2) is 0 Å². The first-order valence-corrected chi connectivity index (χ1v) is 7.57. The smallest absolute Gasteiger partial charge is 0.238 e. The Labute approximate surface area is 120 Å². The Morgan fingerprint density at radius 1 is 1.39 bits per heavy atom. The minimum atomic E-state index is -3.83. The first kappa shape index (κ1) is 15.1. The zero-order valence-corrected chi connectivity index (χ0v) is 12.8. The Hall–Kier alpha value is -0.950. The normalized spacial score (nSPS) is 10.8. The fourth-order valence-electron chi connectivity index (χ4n) is 1.09. The molecular formula is C9H7Br2N3O3S. The molecule has 0 unspecified atom stereocenters. The summed E-state index contributed by atoms with van der Waals surface area (Å²) in [7, 11) is -3.83. The number of rotatable bonds is 3. The predicted molar refractivity (Wildman–Crippen MR) is 72.1 cm³/mol. The molecule has 3 N–H and O–H groups in total. The second kappa shape index (κ2) is 5.79. The number of halogens is 2. The third kappa shape index (κ3) is 3.78. The van der Waals surface area contributed by atoms with Crippen LogP contribution in [0.2, 0.25) is 0 Å². The number of benzene rings is 1. The lowest BCUT2D eigenvalue weighted by Gasteiger charge is -2.10. The number of nitrogens with two attached hydrogens (primary N) is 1. The van der Waals surface area contributed by atoms with Gasteiger partial charge in [-0.05, 0) is 44.0 Å². The number of amides is 1. The molecule has 0 saturated heterocycles. The molecule has 1 aromatic carbocycles. The van der Waals surface area contributed by atoms with E-state index in [0.717, 1.165) is 0 Å². The van der Waals surface area contributed by atoms with E-state index in [-0.39, 0.29) is 11.3 Å². The molecule has 0 heterocycles. The van der Waals surface area contributed by atoms with Gasteiger partial charge in [0, 0.05) is 8.95 Å². The number of hydrogen-bond acceptors (Lipinski definition) is 4. The number of nitrogens with zero attached hydrogens (tertiary/aromatic N) is 1. The molecule has 0 aliphatic carbocycles. The van der Waals surface area contributed by atoms with Gasteiger partial charge in [-0.15, -0.1) is 0 Å². The Morgan fingerprint density at radius 2 is 1.89 bits per heavy atom. The number of hydrogen-bond donors (Lipinski definition) is 2. The quantitative estimate of drug-likeness (QED) is 0.809. The van der Waals surface area contributed by atoms with Crippen LogP contribution in [0.3, 0.4) is 0 Å². The summed E-state index contributed by atoms with van der Waals surface area (Å²) < 4.78 is 23.0. The van der Waals surface area contributed by atoms with Crippen molar-refractivity contribution in [1.29, 1.82) is 5.26 Å². The molecule has 1 amide bonds. The summed E-state index contributed by atoms with van der Waals surface area (Å²) in [5, 5.41) is 15.8. The highest BCUT2D eigenvalue weighted by Gasteiger charge is 2.15. The maximum Gasteiger partial charge on any atom is 0.238 e. The minimum absolute atomic E-state index is 0.0977. The number of primary sulfonamides is 1. The van der Waals surface area contributed by atoms with E-state index in [0.29, 0.717) is 14.6 Å². The fourth-order valence-corrected chi connectivity index (χ4v) is 3.34. The second-order valence-corrected chi connectivity index (χ2v) is 6.46. The number of carbonyl (C=O) groups excluding carboxylic acids is 1. The molecule has 0 aliphatic rings. The van der Waals surface area contributed by atoms with E-state index < -0.39 is 15.9 Å². The van der Waals surface area contributed by atoms with Crippen LogP contribution in [0.15, 0.2) is 26.0 Å². The van der Waals surface area contributed by atoms with Crippen molar-refractivity contribution >= 4 is 53.5 Å². The van der Waals surface area contributed by atoms with Gasteiger partial charge in [-0.25, -0.2) is 13.6 Å². The highest BCUT2D eigenvalue weighted by atomic mass is 79.9. The third-order valence-electron chi connectivity index (χ3n) is 1.85. The van der Waals surface area contributed by atoms with Gasteiger partial charge < -0.3 is 5.32 Å². The van der Waals surface area contributed by atoms with Crippen LogP contribution in [0.25, 0.3) is 0 Å². The summed E-state index contributed by atoms with van der Waals surface area (Å²) in [6.45, 7) is 0. The topological polar surface area (TPSA) is 113 Å². The van der Waals surface area contributed by atoms with E-state index in [1.807, 2.05) is 0 Å². The van der Waals surface area contributed by atoms with Crippen molar-refractivity contribution in [3.63, 3.8) is 0 Å². The van der Waals surface area contributed by atoms with E-state index in [1.54, 1.807) is 6.07 Å². The standard InChI is InChI=1S/C9H7Br2N3O3S/c10-6-3-5(18(13,16)17)4-7(11)9(6)14-8(15)1-2-12/h3-4H,1H2,(H,14,15)(H2,13,16,17). The first-order chi connectivity index (χ1) is 8.25. The zero-order chi connectivity index (χ0) is 13.9. The molecular weight excluding hydrogens is 390 g/mol. The van der Waals surface area contributed by atoms with Crippen molar-refractivity contribution in [2.45, 2.75) is 11.3 Å². The molecule has 96 valence electrons. The molecule has 0 aromatic heterocycles. The summed E-state index contributed by atoms with van der Waals surface area (Å²) >= 11 is 6.24. The van der Waals surface area contributed by atoms with Crippen molar-refractivity contribution in [2.24, 2.45) is 5.14 Å². The Bertz CT molecular complexity index is 614. The van der Waals surface area contributed by atoms with Crippen LogP contribution in [-0.2, 0) is 14.8 Å². The van der Waals surface area contributed by atoms with Crippen molar-refractivity contribution < 1.29 is 13.2 Å². The summed E-state index contributed by atoms with van der Waals surface area (Å²) in [5.74, 6) is -0.498. The third-order valence-corrected chi connectivity index (χ3v) is 3.99. The van der Waals surface area contributed by atoms with Crippen molar-refractivity contribution in [2.75, 3.05) is 5.32 Å². The van der Waals surface area contributed by atoms with Gasteiger partial charge in [-0.1, -0.05) is 0 Å². The SMILES string of the molecule is N#CCC(=O)Nc1c(Br)cc(S(N)(=O)=O)cc1Br. The number of nitriles is 1. The van der Waals surface area contributed by atoms with Gasteiger partial charge >= 0.3 is 0 Å². The molecule has 0 saturated carbocycles. The number of sulfonamides is 1. The molecule has 0 fully saturated rings. The highest BCUT2D eigenvalue weighted by molar-refractivity contribution is 9.11. The van der Waals surface area contributed by atoms with Crippen LogP contribution in [-0.4, -0.2) is 14.3 Å². The van der Waals surface area contributed by atoms with E-state index in [4.69, 9.17) is 10.4 Å². The first-order valence-electron chi connectivity index (χ1n) is 4.44. The summed E-state index contributed by atoms with van der Waals surface area (Å²) in [4.78, 5) is 11.2. The molecule has 0 spiro atoms. The molecule has 0 aliphatic heterocycles. The lowest BCUT2D eigenvalue weighted by atomic mass is 10.3. The Balaban J connectivity index is 3.18. The summed E-state index contributed by atoms with van der Waals surface area (Å²) in [5.41, 5.74) is 0.336. The zero-order valence-electron chi connectivity index (χ0n) is 8.78. The largest absolute Gasteiger partial charge is 0.323 e. The molecule has 0 atom stereocenters. The van der Waals surface area contributed by atoms with Gasteiger partial charge in [0.05, 0.1) is 16.7 Å². The Kier molecular flexibility index (Phi) is 4.86. The van der Waals surface area contributed by atoms with Gasteiger partial charge in [-0.3, -0.25) is 4.79 Å². The average molecular weight is 397 g/mol. The lowest BCUT2D eigenvalue weighted by Crippen LogP contribution is -2.14. The van der Waals surface area contributed by atoms with E-state index >= 15 is 0 Å².